The Morgan fingerprint density at radius 2 is 1.64 bits per heavy atom. The average Bonchev–Trinajstić information content (AvgIpc) is 2.12. The zero-order valence-corrected chi connectivity index (χ0v) is 7.77. The molecule has 78 valence electrons. The molecule has 1 aromatic carbocycles. The summed E-state index contributed by atoms with van der Waals surface area (Å²) in [4.78, 5) is 4.39. The van der Waals surface area contributed by atoms with Crippen LogP contribution in [0.3, 0.4) is 0 Å². The van der Waals surface area contributed by atoms with Gasteiger partial charge >= 0.3 is 0 Å². The Balaban J connectivity index is 3.40. The molecule has 0 aliphatic heterocycles. The topological polar surface area (TPSA) is 35.2 Å². The zero-order valence-electron chi connectivity index (χ0n) is 7.77. The highest BCUT2D eigenvalue weighted by molar-refractivity contribution is 5.26. The molecule has 5 heteroatoms. The lowest BCUT2D eigenvalue weighted by Crippen LogP contribution is -2.28. The van der Waals surface area contributed by atoms with Crippen LogP contribution < -0.4 is 5.90 Å². The van der Waals surface area contributed by atoms with E-state index >= 15 is 0 Å². The predicted octanol–water partition coefficient (Wildman–Crippen LogP) is 2.23. The highest BCUT2D eigenvalue weighted by atomic mass is 19.2. The van der Waals surface area contributed by atoms with Gasteiger partial charge in [-0.2, -0.15) is 0 Å². The van der Waals surface area contributed by atoms with Crippen LogP contribution in [0.25, 0.3) is 0 Å². The molecule has 2 nitrogen and oxygen atoms in total. The van der Waals surface area contributed by atoms with Crippen molar-refractivity contribution in [3.05, 3.63) is 35.1 Å². The van der Waals surface area contributed by atoms with Crippen molar-refractivity contribution in [2.24, 2.45) is 5.90 Å². The van der Waals surface area contributed by atoms with E-state index in [2.05, 4.69) is 4.84 Å². The highest BCUT2D eigenvalue weighted by Crippen LogP contribution is 2.29. The van der Waals surface area contributed by atoms with E-state index in [-0.39, 0.29) is 0 Å². The third-order valence-electron chi connectivity index (χ3n) is 1.94. The van der Waals surface area contributed by atoms with Gasteiger partial charge < -0.3 is 0 Å². The SMILES string of the molecule is CC(C)(ON)c1c(F)ccc(F)c1F. The van der Waals surface area contributed by atoms with Crippen LogP contribution in [0.1, 0.15) is 19.4 Å². The maximum Gasteiger partial charge on any atom is 0.167 e. The Bertz CT molecular complexity index is 352. The van der Waals surface area contributed by atoms with Crippen molar-refractivity contribution in [2.45, 2.75) is 19.4 Å². The van der Waals surface area contributed by atoms with E-state index in [4.69, 9.17) is 5.90 Å². The van der Waals surface area contributed by atoms with Gasteiger partial charge in [0, 0.05) is 0 Å². The second-order valence-electron chi connectivity index (χ2n) is 3.35. The number of benzene rings is 1. The minimum Gasteiger partial charge on any atom is -0.294 e. The van der Waals surface area contributed by atoms with Gasteiger partial charge in [0.25, 0.3) is 0 Å². The Hall–Kier alpha value is -1.07. The van der Waals surface area contributed by atoms with Crippen LogP contribution in [0.4, 0.5) is 13.2 Å². The van der Waals surface area contributed by atoms with Crippen molar-refractivity contribution in [3.63, 3.8) is 0 Å². The molecule has 0 aliphatic rings. The number of hydrogen-bond donors (Lipinski definition) is 1. The molecule has 1 rings (SSSR count). The lowest BCUT2D eigenvalue weighted by molar-refractivity contribution is -0.0290. The summed E-state index contributed by atoms with van der Waals surface area (Å²) in [5.41, 5.74) is -1.92. The Morgan fingerprint density at radius 3 is 2.14 bits per heavy atom. The van der Waals surface area contributed by atoms with Crippen LogP contribution in [0.2, 0.25) is 0 Å². The van der Waals surface area contributed by atoms with Crippen molar-refractivity contribution in [3.8, 4) is 0 Å². The van der Waals surface area contributed by atoms with Gasteiger partial charge in [0.15, 0.2) is 11.6 Å². The zero-order chi connectivity index (χ0) is 10.9. The molecule has 0 amide bonds. The summed E-state index contributed by atoms with van der Waals surface area (Å²) in [6.45, 7) is 2.68. The smallest absolute Gasteiger partial charge is 0.167 e. The molecule has 0 aromatic heterocycles. The molecule has 0 saturated carbocycles. The van der Waals surface area contributed by atoms with Crippen LogP contribution in [0.5, 0.6) is 0 Å². The van der Waals surface area contributed by atoms with Gasteiger partial charge in [-0.3, -0.25) is 4.84 Å². The fourth-order valence-electron chi connectivity index (χ4n) is 1.14. The lowest BCUT2D eigenvalue weighted by Gasteiger charge is -2.23. The third kappa shape index (κ3) is 1.73. The monoisotopic (exact) mass is 205 g/mol. The first-order chi connectivity index (χ1) is 6.40. The average molecular weight is 205 g/mol. The summed E-state index contributed by atoms with van der Waals surface area (Å²) in [7, 11) is 0. The summed E-state index contributed by atoms with van der Waals surface area (Å²) in [6.07, 6.45) is 0. The van der Waals surface area contributed by atoms with Crippen molar-refractivity contribution in [1.29, 1.82) is 0 Å². The van der Waals surface area contributed by atoms with Crippen molar-refractivity contribution in [1.82, 2.24) is 0 Å². The maximum absolute atomic E-state index is 13.2. The molecule has 14 heavy (non-hydrogen) atoms. The number of halogens is 3. The van der Waals surface area contributed by atoms with Gasteiger partial charge in [-0.05, 0) is 26.0 Å². The molecule has 0 atom stereocenters. The van der Waals surface area contributed by atoms with Crippen molar-refractivity contribution < 1.29 is 18.0 Å². The molecule has 0 aliphatic carbocycles. The maximum atomic E-state index is 13.2. The molecule has 0 unspecified atom stereocenters. The molecule has 2 N–H and O–H groups in total. The second-order valence-corrected chi connectivity index (χ2v) is 3.35. The van der Waals surface area contributed by atoms with Crippen LogP contribution in [-0.4, -0.2) is 0 Å². The van der Waals surface area contributed by atoms with Crippen LogP contribution in [-0.2, 0) is 10.4 Å². The van der Waals surface area contributed by atoms with Crippen LogP contribution in [0.15, 0.2) is 12.1 Å². The van der Waals surface area contributed by atoms with Crippen molar-refractivity contribution >= 4 is 0 Å². The fraction of sp³-hybridized carbons (Fsp3) is 0.333. The summed E-state index contributed by atoms with van der Waals surface area (Å²) in [5, 5.41) is 0. The number of rotatable bonds is 2. The largest absolute Gasteiger partial charge is 0.294 e. The first kappa shape index (κ1) is 11.0. The molecule has 0 bridgehead atoms. The van der Waals surface area contributed by atoms with E-state index in [0.717, 1.165) is 6.07 Å². The first-order valence-corrected chi connectivity index (χ1v) is 3.92. The third-order valence-corrected chi connectivity index (χ3v) is 1.94. The molecule has 0 saturated heterocycles. The van der Waals surface area contributed by atoms with E-state index in [1.807, 2.05) is 0 Å². The molecule has 0 spiro atoms. The minimum absolute atomic E-state index is 0.514. The van der Waals surface area contributed by atoms with Gasteiger partial charge in [-0.1, -0.05) is 0 Å². The van der Waals surface area contributed by atoms with Gasteiger partial charge in [0.1, 0.15) is 11.4 Å². The van der Waals surface area contributed by atoms with E-state index in [9.17, 15) is 13.2 Å². The van der Waals surface area contributed by atoms with Gasteiger partial charge in [-0.15, -0.1) is 0 Å². The molecular formula is C9H10F3NO. The van der Waals surface area contributed by atoms with E-state index in [1.54, 1.807) is 0 Å². The van der Waals surface area contributed by atoms with Crippen LogP contribution in [0, 0.1) is 17.5 Å². The fourth-order valence-corrected chi connectivity index (χ4v) is 1.14. The van der Waals surface area contributed by atoms with E-state index < -0.39 is 28.6 Å². The second kappa shape index (κ2) is 3.59. The molecule has 1 aromatic rings. The molecule has 0 radical (unpaired) electrons. The Labute approximate surface area is 79.4 Å². The van der Waals surface area contributed by atoms with Gasteiger partial charge in [0.05, 0.1) is 5.56 Å². The number of hydrogen-bond acceptors (Lipinski definition) is 2. The highest BCUT2D eigenvalue weighted by Gasteiger charge is 2.30. The quantitative estimate of drug-likeness (QED) is 0.593. The molecule has 0 fully saturated rings. The minimum atomic E-state index is -1.41. The summed E-state index contributed by atoms with van der Waals surface area (Å²) >= 11 is 0. The molecule has 0 heterocycles. The summed E-state index contributed by atoms with van der Waals surface area (Å²) < 4.78 is 39.2. The predicted molar refractivity (Wildman–Crippen MR) is 44.6 cm³/mol. The van der Waals surface area contributed by atoms with Crippen LogP contribution >= 0.6 is 0 Å². The molecular weight excluding hydrogens is 195 g/mol. The number of nitrogens with two attached hydrogens (primary N) is 1. The van der Waals surface area contributed by atoms with Crippen molar-refractivity contribution in [2.75, 3.05) is 0 Å². The first-order valence-electron chi connectivity index (χ1n) is 3.92. The lowest BCUT2D eigenvalue weighted by atomic mass is 9.97. The standard InChI is InChI=1S/C9H10F3NO/c1-9(2,14-13)7-5(10)3-4-6(11)8(7)12/h3-4H,13H2,1-2H3. The Kier molecular flexibility index (Phi) is 2.82. The van der Waals surface area contributed by atoms with E-state index in [0.29, 0.717) is 6.07 Å². The normalized spacial score (nSPS) is 11.9. The summed E-state index contributed by atoms with van der Waals surface area (Å²) in [6, 6.07) is 1.54. The summed E-state index contributed by atoms with van der Waals surface area (Å²) in [5.74, 6) is 1.57. The van der Waals surface area contributed by atoms with E-state index in [1.165, 1.54) is 13.8 Å². The van der Waals surface area contributed by atoms with Gasteiger partial charge in [0.2, 0.25) is 0 Å². The van der Waals surface area contributed by atoms with Gasteiger partial charge in [-0.25, -0.2) is 19.1 Å². The Morgan fingerprint density at radius 1 is 1.14 bits per heavy atom.